The van der Waals surface area contributed by atoms with Crippen LogP contribution in [0.3, 0.4) is 0 Å². The van der Waals surface area contributed by atoms with E-state index in [9.17, 15) is 0 Å². The van der Waals surface area contributed by atoms with E-state index in [-0.39, 0.29) is 0 Å². The number of hydrogen-bond donors (Lipinski definition) is 0. The summed E-state index contributed by atoms with van der Waals surface area (Å²) in [4.78, 5) is 0. The third-order valence-electron chi connectivity index (χ3n) is 2.79. The zero-order chi connectivity index (χ0) is 15.5. The average Bonchev–Trinajstić information content (AvgIpc) is 1.89. The fourth-order valence-corrected chi connectivity index (χ4v) is 29.4. The molecule has 7 heteroatoms. The second kappa shape index (κ2) is 7.32. The molecule has 0 aromatic carbocycles. The van der Waals surface area contributed by atoms with Crippen molar-refractivity contribution in [1.82, 2.24) is 0 Å². The van der Waals surface area contributed by atoms with E-state index >= 15 is 0 Å². The molecule has 2 nitrogen and oxygen atoms in total. The van der Waals surface area contributed by atoms with E-state index in [1.165, 1.54) is 11.3 Å². The summed E-state index contributed by atoms with van der Waals surface area (Å²) in [5, 5.41) is 0. The standard InChI is InChI=1S/C12H36O2Si5/c1-15(13-17(3,4)5)11-19(9,10)12-16(2)14-18(6,7)8/h15-16H,11-12H2,1-10H3. The lowest BCUT2D eigenvalue weighted by Crippen LogP contribution is -2.43. The molecule has 0 N–H and O–H groups in total. The molecular weight excluding hydrogens is 317 g/mol. The van der Waals surface area contributed by atoms with E-state index in [0.717, 1.165) is 0 Å². The Kier molecular flexibility index (Phi) is 7.71. The molecule has 0 radical (unpaired) electrons. The summed E-state index contributed by atoms with van der Waals surface area (Å²) in [7, 11) is -5.69. The molecule has 0 aromatic rings. The second-order valence-electron chi connectivity index (χ2n) is 8.65. The minimum atomic E-state index is -1.33. The Labute approximate surface area is 128 Å². The summed E-state index contributed by atoms with van der Waals surface area (Å²) in [6, 6.07) is 0. The summed E-state index contributed by atoms with van der Waals surface area (Å²) in [6.45, 7) is 23.8. The van der Waals surface area contributed by atoms with Gasteiger partial charge in [0.25, 0.3) is 0 Å². The third-order valence-corrected chi connectivity index (χ3v) is 25.1. The molecule has 19 heavy (non-hydrogen) atoms. The Hall–Kier alpha value is 1.00. The quantitative estimate of drug-likeness (QED) is 0.610. The summed E-state index contributed by atoms with van der Waals surface area (Å²) in [6.07, 6.45) is 0. The smallest absolute Gasteiger partial charge is 0.170 e. The van der Waals surface area contributed by atoms with Gasteiger partial charge in [0, 0.05) is 8.07 Å². The third kappa shape index (κ3) is 12.5. The Balaban J connectivity index is 4.31. The Morgan fingerprint density at radius 3 is 1.11 bits per heavy atom. The first-order valence-electron chi connectivity index (χ1n) is 7.56. The van der Waals surface area contributed by atoms with Gasteiger partial charge in [-0.3, -0.25) is 0 Å². The minimum absolute atomic E-state index is 0.963. The van der Waals surface area contributed by atoms with Gasteiger partial charge in [-0.15, -0.1) is 0 Å². The fourth-order valence-electron chi connectivity index (χ4n) is 2.93. The summed E-state index contributed by atoms with van der Waals surface area (Å²) in [5.74, 6) is 0. The second-order valence-corrected chi connectivity index (χ2v) is 29.8. The number of hydrogen-bond acceptors (Lipinski definition) is 2. The molecule has 0 aliphatic heterocycles. The van der Waals surface area contributed by atoms with E-state index in [1.807, 2.05) is 0 Å². The van der Waals surface area contributed by atoms with Gasteiger partial charge in [-0.25, -0.2) is 0 Å². The molecule has 0 spiro atoms. The fraction of sp³-hybridized carbons (Fsp3) is 1.00. The Morgan fingerprint density at radius 1 is 0.632 bits per heavy atom. The molecule has 116 valence electrons. The predicted octanol–water partition coefficient (Wildman–Crippen LogP) is 4.18. The normalized spacial score (nSPS) is 17.4. The molecule has 0 heterocycles. The first-order chi connectivity index (χ1) is 8.20. The van der Waals surface area contributed by atoms with Crippen molar-refractivity contribution in [3.63, 3.8) is 0 Å². The van der Waals surface area contributed by atoms with E-state index in [1.54, 1.807) is 0 Å². The van der Waals surface area contributed by atoms with Gasteiger partial charge in [-0.1, -0.05) is 13.1 Å². The average molecular weight is 353 g/mol. The van der Waals surface area contributed by atoms with Crippen molar-refractivity contribution >= 4 is 42.8 Å². The molecule has 0 aliphatic rings. The van der Waals surface area contributed by atoms with E-state index in [2.05, 4.69) is 65.5 Å². The van der Waals surface area contributed by atoms with Crippen LogP contribution in [-0.4, -0.2) is 42.8 Å². The zero-order valence-corrected chi connectivity index (χ0v) is 20.2. The lowest BCUT2D eigenvalue weighted by Gasteiger charge is -2.32. The van der Waals surface area contributed by atoms with Crippen LogP contribution < -0.4 is 0 Å². The highest BCUT2D eigenvalue weighted by atomic mass is 28.4. The Bertz CT molecular complexity index is 244. The van der Waals surface area contributed by atoms with Crippen molar-refractivity contribution in [1.29, 1.82) is 0 Å². The van der Waals surface area contributed by atoms with E-state index < -0.39 is 42.8 Å². The van der Waals surface area contributed by atoms with E-state index in [4.69, 9.17) is 8.23 Å². The van der Waals surface area contributed by atoms with Crippen LogP contribution in [0.4, 0.5) is 0 Å². The molecule has 0 aromatic heterocycles. The van der Waals surface area contributed by atoms with E-state index in [0.29, 0.717) is 0 Å². The van der Waals surface area contributed by atoms with Crippen LogP contribution in [-0.2, 0) is 8.23 Å². The largest absolute Gasteiger partial charge is 0.458 e. The molecule has 0 saturated carbocycles. The highest BCUT2D eigenvalue weighted by Gasteiger charge is 2.31. The van der Waals surface area contributed by atoms with Gasteiger partial charge in [0.15, 0.2) is 34.7 Å². The zero-order valence-electron chi connectivity index (χ0n) is 14.9. The minimum Gasteiger partial charge on any atom is -0.458 e. The lowest BCUT2D eigenvalue weighted by atomic mass is 11.7. The van der Waals surface area contributed by atoms with Crippen LogP contribution in [0, 0.1) is 0 Å². The van der Waals surface area contributed by atoms with Crippen molar-refractivity contribution in [3.8, 4) is 0 Å². The van der Waals surface area contributed by atoms with Crippen LogP contribution in [0.15, 0.2) is 0 Å². The first kappa shape index (κ1) is 20.0. The van der Waals surface area contributed by atoms with Crippen LogP contribution >= 0.6 is 0 Å². The van der Waals surface area contributed by atoms with Gasteiger partial charge in [-0.2, -0.15) is 0 Å². The van der Waals surface area contributed by atoms with Crippen molar-refractivity contribution in [3.05, 3.63) is 0 Å². The van der Waals surface area contributed by atoms with Crippen LogP contribution in [0.5, 0.6) is 0 Å². The molecule has 2 unspecified atom stereocenters. The predicted molar refractivity (Wildman–Crippen MR) is 102 cm³/mol. The van der Waals surface area contributed by atoms with Crippen LogP contribution in [0.25, 0.3) is 0 Å². The molecule has 2 atom stereocenters. The summed E-state index contributed by atoms with van der Waals surface area (Å²) >= 11 is 0. The summed E-state index contributed by atoms with van der Waals surface area (Å²) < 4.78 is 12.7. The molecule has 0 rings (SSSR count). The maximum atomic E-state index is 6.35. The molecular formula is C12H36O2Si5. The highest BCUT2D eigenvalue weighted by molar-refractivity contribution is 6.95. The highest BCUT2D eigenvalue weighted by Crippen LogP contribution is 2.22. The topological polar surface area (TPSA) is 18.5 Å². The van der Waals surface area contributed by atoms with Crippen LogP contribution in [0.2, 0.25) is 76.8 Å². The molecule has 0 amide bonds. The summed E-state index contributed by atoms with van der Waals surface area (Å²) in [5.41, 5.74) is 2.84. The monoisotopic (exact) mass is 352 g/mol. The lowest BCUT2D eigenvalue weighted by molar-refractivity contribution is 0.577. The van der Waals surface area contributed by atoms with Crippen molar-refractivity contribution in [2.45, 2.75) is 76.8 Å². The number of rotatable bonds is 8. The van der Waals surface area contributed by atoms with Gasteiger partial charge in [0.05, 0.1) is 0 Å². The van der Waals surface area contributed by atoms with Crippen LogP contribution in [0.1, 0.15) is 0 Å². The van der Waals surface area contributed by atoms with Crippen molar-refractivity contribution in [2.24, 2.45) is 0 Å². The van der Waals surface area contributed by atoms with Crippen molar-refractivity contribution < 1.29 is 8.23 Å². The molecule has 0 saturated heterocycles. The maximum absolute atomic E-state index is 6.35. The maximum Gasteiger partial charge on any atom is 0.170 e. The molecule has 0 bridgehead atoms. The SMILES string of the molecule is C[SiH](C[Si](C)(C)C[SiH](C)O[Si](C)(C)C)O[Si](C)(C)C. The first-order valence-corrected chi connectivity index (χ1v) is 22.7. The van der Waals surface area contributed by atoms with Gasteiger partial charge in [0.1, 0.15) is 0 Å². The van der Waals surface area contributed by atoms with Gasteiger partial charge >= 0.3 is 0 Å². The van der Waals surface area contributed by atoms with Gasteiger partial charge < -0.3 is 8.23 Å². The Morgan fingerprint density at radius 2 is 0.895 bits per heavy atom. The van der Waals surface area contributed by atoms with Crippen molar-refractivity contribution in [2.75, 3.05) is 0 Å². The molecule has 0 aliphatic carbocycles. The van der Waals surface area contributed by atoms with Gasteiger partial charge in [0.2, 0.25) is 0 Å². The molecule has 0 fully saturated rings. The van der Waals surface area contributed by atoms with Gasteiger partial charge in [-0.05, 0) is 63.7 Å².